The molecule has 0 saturated carbocycles. The van der Waals surface area contributed by atoms with E-state index in [1.54, 1.807) is 17.6 Å². The van der Waals surface area contributed by atoms with Crippen LogP contribution < -0.4 is 10.2 Å². The van der Waals surface area contributed by atoms with Crippen molar-refractivity contribution >= 4 is 34.3 Å². The topological polar surface area (TPSA) is 46.5 Å². The minimum atomic E-state index is 0.458. The Morgan fingerprint density at radius 2 is 1.87 bits per heavy atom. The van der Waals surface area contributed by atoms with Gasteiger partial charge in [-0.25, -0.2) is 4.98 Å². The summed E-state index contributed by atoms with van der Waals surface area (Å²) in [4.78, 5) is 5.81. The van der Waals surface area contributed by atoms with Crippen molar-refractivity contribution in [3.05, 3.63) is 99.9 Å². The van der Waals surface area contributed by atoms with Crippen LogP contribution in [0, 0.1) is 6.92 Å². The highest BCUT2D eigenvalue weighted by Crippen LogP contribution is 2.30. The SMILES string of the molecule is Cc1sc(N/N=C/c2cccc(OCc3cccc(Cl)c3)c2)nc1-c1ccccc1. The quantitative estimate of drug-likeness (QED) is 0.257. The normalized spacial score (nSPS) is 11.0. The van der Waals surface area contributed by atoms with Crippen LogP contribution in [-0.4, -0.2) is 11.2 Å². The second kappa shape index (κ2) is 9.57. The van der Waals surface area contributed by atoms with Gasteiger partial charge in [0.15, 0.2) is 0 Å². The number of rotatable bonds is 7. The molecule has 0 bridgehead atoms. The zero-order chi connectivity index (χ0) is 20.8. The van der Waals surface area contributed by atoms with E-state index in [0.717, 1.165) is 38.1 Å². The molecular formula is C24H20ClN3OS. The molecule has 0 atom stereocenters. The van der Waals surface area contributed by atoms with Crippen molar-refractivity contribution in [3.63, 3.8) is 0 Å². The molecule has 6 heteroatoms. The number of hydrogen-bond acceptors (Lipinski definition) is 5. The lowest BCUT2D eigenvalue weighted by atomic mass is 10.1. The van der Waals surface area contributed by atoms with Crippen LogP contribution in [0.2, 0.25) is 5.02 Å². The molecule has 0 amide bonds. The summed E-state index contributed by atoms with van der Waals surface area (Å²) in [6.07, 6.45) is 1.76. The van der Waals surface area contributed by atoms with Crippen LogP contribution in [0.5, 0.6) is 5.75 Å². The molecule has 0 spiro atoms. The van der Waals surface area contributed by atoms with Gasteiger partial charge in [0, 0.05) is 15.5 Å². The van der Waals surface area contributed by atoms with E-state index >= 15 is 0 Å². The van der Waals surface area contributed by atoms with Gasteiger partial charge in [0.05, 0.1) is 11.9 Å². The minimum Gasteiger partial charge on any atom is -0.489 e. The molecule has 150 valence electrons. The Labute approximate surface area is 184 Å². The first-order chi connectivity index (χ1) is 14.7. The van der Waals surface area contributed by atoms with Crippen LogP contribution in [0.4, 0.5) is 5.13 Å². The lowest BCUT2D eigenvalue weighted by Crippen LogP contribution is -1.96. The Morgan fingerprint density at radius 1 is 1.03 bits per heavy atom. The van der Waals surface area contributed by atoms with Gasteiger partial charge in [-0.3, -0.25) is 5.43 Å². The van der Waals surface area contributed by atoms with Crippen molar-refractivity contribution in [1.29, 1.82) is 0 Å². The van der Waals surface area contributed by atoms with Gasteiger partial charge in [0.1, 0.15) is 12.4 Å². The van der Waals surface area contributed by atoms with Crippen molar-refractivity contribution in [2.24, 2.45) is 5.10 Å². The zero-order valence-electron chi connectivity index (χ0n) is 16.4. The Hall–Kier alpha value is -3.15. The second-order valence-electron chi connectivity index (χ2n) is 6.65. The van der Waals surface area contributed by atoms with Gasteiger partial charge in [0.25, 0.3) is 0 Å². The molecule has 4 nitrogen and oxygen atoms in total. The van der Waals surface area contributed by atoms with Crippen LogP contribution in [-0.2, 0) is 6.61 Å². The third-order valence-corrected chi connectivity index (χ3v) is 5.48. The van der Waals surface area contributed by atoms with E-state index in [1.807, 2.05) is 66.7 Å². The number of anilines is 1. The number of nitrogens with zero attached hydrogens (tertiary/aromatic N) is 2. The molecule has 4 aromatic rings. The average Bonchev–Trinajstić information content (AvgIpc) is 3.14. The molecule has 1 aromatic heterocycles. The van der Waals surface area contributed by atoms with E-state index in [0.29, 0.717) is 11.6 Å². The predicted octanol–water partition coefficient (Wildman–Crippen LogP) is 6.80. The molecule has 4 rings (SSSR count). The van der Waals surface area contributed by atoms with Gasteiger partial charge >= 0.3 is 0 Å². The summed E-state index contributed by atoms with van der Waals surface area (Å²) >= 11 is 7.60. The second-order valence-corrected chi connectivity index (χ2v) is 8.29. The first-order valence-corrected chi connectivity index (χ1v) is 10.7. The summed E-state index contributed by atoms with van der Waals surface area (Å²) in [5, 5.41) is 5.80. The number of benzene rings is 3. The first kappa shape index (κ1) is 20.1. The van der Waals surface area contributed by atoms with E-state index in [9.17, 15) is 0 Å². The summed E-state index contributed by atoms with van der Waals surface area (Å²) in [5.74, 6) is 0.774. The van der Waals surface area contributed by atoms with Gasteiger partial charge in [-0.2, -0.15) is 5.10 Å². The van der Waals surface area contributed by atoms with Gasteiger partial charge in [-0.05, 0) is 42.3 Å². The summed E-state index contributed by atoms with van der Waals surface area (Å²) in [7, 11) is 0. The number of aromatic nitrogens is 1. The maximum atomic E-state index is 6.02. The minimum absolute atomic E-state index is 0.458. The maximum Gasteiger partial charge on any atom is 0.204 e. The number of hydrazone groups is 1. The number of thiazole rings is 1. The van der Waals surface area contributed by atoms with E-state index in [1.165, 1.54) is 0 Å². The van der Waals surface area contributed by atoms with Gasteiger partial charge in [0.2, 0.25) is 5.13 Å². The standard InChI is InChI=1S/C24H20ClN3OS/c1-17-23(20-9-3-2-4-10-20)27-24(30-17)28-26-15-18-7-6-12-22(14-18)29-16-19-8-5-11-21(25)13-19/h2-15H,16H2,1H3,(H,27,28)/b26-15+. The molecule has 0 unspecified atom stereocenters. The molecule has 1 N–H and O–H groups in total. The Balaban J connectivity index is 1.38. The highest BCUT2D eigenvalue weighted by molar-refractivity contribution is 7.15. The molecule has 0 radical (unpaired) electrons. The molecule has 1 heterocycles. The number of ether oxygens (including phenoxy) is 1. The molecule has 0 fully saturated rings. The van der Waals surface area contributed by atoms with Crippen molar-refractivity contribution in [2.45, 2.75) is 13.5 Å². The highest BCUT2D eigenvalue weighted by atomic mass is 35.5. The molecule has 3 aromatic carbocycles. The highest BCUT2D eigenvalue weighted by Gasteiger charge is 2.08. The summed E-state index contributed by atoms with van der Waals surface area (Å²) in [5.41, 5.74) is 7.07. The van der Waals surface area contributed by atoms with Crippen LogP contribution in [0.1, 0.15) is 16.0 Å². The predicted molar refractivity (Wildman–Crippen MR) is 126 cm³/mol. The van der Waals surface area contributed by atoms with Crippen LogP contribution >= 0.6 is 22.9 Å². The molecule has 30 heavy (non-hydrogen) atoms. The average molecular weight is 434 g/mol. The molecule has 0 aliphatic carbocycles. The van der Waals surface area contributed by atoms with E-state index in [-0.39, 0.29) is 0 Å². The van der Waals surface area contributed by atoms with Crippen molar-refractivity contribution in [1.82, 2.24) is 4.98 Å². The Kier molecular flexibility index (Phi) is 6.42. The van der Waals surface area contributed by atoms with Crippen molar-refractivity contribution < 1.29 is 4.74 Å². The molecular weight excluding hydrogens is 414 g/mol. The number of halogens is 1. The summed E-state index contributed by atoms with van der Waals surface area (Å²) in [6, 6.07) is 25.6. The van der Waals surface area contributed by atoms with E-state index in [2.05, 4.69) is 34.6 Å². The maximum absolute atomic E-state index is 6.02. The van der Waals surface area contributed by atoms with Crippen molar-refractivity contribution in [3.8, 4) is 17.0 Å². The number of aryl methyl sites for hydroxylation is 1. The van der Waals surface area contributed by atoms with Gasteiger partial charge in [-0.1, -0.05) is 66.2 Å². The smallest absolute Gasteiger partial charge is 0.204 e. The fraction of sp³-hybridized carbons (Fsp3) is 0.0833. The fourth-order valence-corrected chi connectivity index (χ4v) is 3.95. The summed E-state index contributed by atoms with van der Waals surface area (Å²) in [6.45, 7) is 2.52. The van der Waals surface area contributed by atoms with Crippen LogP contribution in [0.25, 0.3) is 11.3 Å². The van der Waals surface area contributed by atoms with Crippen LogP contribution in [0.3, 0.4) is 0 Å². The largest absolute Gasteiger partial charge is 0.489 e. The number of nitrogens with one attached hydrogen (secondary N) is 1. The third kappa shape index (κ3) is 5.26. The van der Waals surface area contributed by atoms with Gasteiger partial charge in [-0.15, -0.1) is 11.3 Å². The lowest BCUT2D eigenvalue weighted by molar-refractivity contribution is 0.306. The molecule has 0 aliphatic heterocycles. The summed E-state index contributed by atoms with van der Waals surface area (Å²) < 4.78 is 5.87. The monoisotopic (exact) mass is 433 g/mol. The molecule has 0 aliphatic rings. The van der Waals surface area contributed by atoms with Crippen LogP contribution in [0.15, 0.2) is 84.0 Å². The fourth-order valence-electron chi connectivity index (χ4n) is 2.95. The van der Waals surface area contributed by atoms with E-state index < -0.39 is 0 Å². The number of hydrogen-bond donors (Lipinski definition) is 1. The van der Waals surface area contributed by atoms with Gasteiger partial charge < -0.3 is 4.74 Å². The Morgan fingerprint density at radius 3 is 2.70 bits per heavy atom. The molecule has 0 saturated heterocycles. The zero-order valence-corrected chi connectivity index (χ0v) is 18.0. The Bertz CT molecular complexity index is 1160. The van der Waals surface area contributed by atoms with Crippen molar-refractivity contribution in [2.75, 3.05) is 5.43 Å². The third-order valence-electron chi connectivity index (χ3n) is 4.37. The van der Waals surface area contributed by atoms with E-state index in [4.69, 9.17) is 16.3 Å². The lowest BCUT2D eigenvalue weighted by Gasteiger charge is -2.07. The first-order valence-electron chi connectivity index (χ1n) is 9.46.